The van der Waals surface area contributed by atoms with Gasteiger partial charge in [-0.1, -0.05) is 30.3 Å². The molecule has 0 bridgehead atoms. The molecule has 1 aromatic heterocycles. The summed E-state index contributed by atoms with van der Waals surface area (Å²) >= 11 is 1.48. The van der Waals surface area contributed by atoms with E-state index in [0.717, 1.165) is 12.8 Å². The van der Waals surface area contributed by atoms with E-state index in [1.165, 1.54) is 16.9 Å². The summed E-state index contributed by atoms with van der Waals surface area (Å²) in [6.45, 7) is 1.02. The Labute approximate surface area is 134 Å². The average Bonchev–Trinajstić information content (AvgIpc) is 3.07. The van der Waals surface area contributed by atoms with Crippen molar-refractivity contribution in [2.24, 2.45) is 0 Å². The molecule has 0 aliphatic heterocycles. The first-order valence-electron chi connectivity index (χ1n) is 7.37. The van der Waals surface area contributed by atoms with Crippen LogP contribution in [-0.2, 0) is 11.2 Å². The van der Waals surface area contributed by atoms with Crippen molar-refractivity contribution in [3.05, 3.63) is 58.3 Å². The van der Waals surface area contributed by atoms with E-state index < -0.39 is 0 Å². The molecule has 0 unspecified atom stereocenters. The quantitative estimate of drug-likeness (QED) is 0.736. The zero-order valence-electron chi connectivity index (χ0n) is 12.4. The lowest BCUT2D eigenvalue weighted by atomic mass is 10.1. The number of hydrogen-bond acceptors (Lipinski definition) is 3. The molecule has 0 fully saturated rings. The number of thiophene rings is 1. The van der Waals surface area contributed by atoms with Gasteiger partial charge in [-0.15, -0.1) is 0 Å². The maximum absolute atomic E-state index is 11.7. The van der Waals surface area contributed by atoms with Gasteiger partial charge in [0.1, 0.15) is 0 Å². The number of carbonyl (C=O) groups is 2. The number of hydrogen-bond donors (Lipinski definition) is 2. The van der Waals surface area contributed by atoms with Gasteiger partial charge in [0.2, 0.25) is 5.91 Å². The van der Waals surface area contributed by atoms with Crippen molar-refractivity contribution in [3.8, 4) is 0 Å². The van der Waals surface area contributed by atoms with Crippen LogP contribution in [0.15, 0.2) is 47.2 Å². The molecule has 0 aliphatic rings. The van der Waals surface area contributed by atoms with Crippen LogP contribution in [0.5, 0.6) is 0 Å². The third kappa shape index (κ3) is 5.69. The second kappa shape index (κ2) is 9.00. The molecule has 1 heterocycles. The molecule has 2 aromatic rings. The smallest absolute Gasteiger partial charge is 0.252 e. The fourth-order valence-electron chi connectivity index (χ4n) is 2.04. The average molecular weight is 316 g/mol. The molecule has 2 amide bonds. The van der Waals surface area contributed by atoms with Gasteiger partial charge >= 0.3 is 0 Å². The lowest BCUT2D eigenvalue weighted by Crippen LogP contribution is -2.31. The molecular formula is C17H20N2O2S. The molecule has 0 saturated carbocycles. The maximum Gasteiger partial charge on any atom is 0.252 e. The van der Waals surface area contributed by atoms with E-state index in [0.29, 0.717) is 25.1 Å². The van der Waals surface area contributed by atoms with Crippen molar-refractivity contribution in [3.63, 3.8) is 0 Å². The molecule has 0 spiro atoms. The summed E-state index contributed by atoms with van der Waals surface area (Å²) < 4.78 is 0. The Bertz CT molecular complexity index is 582. The molecule has 2 rings (SSSR count). The van der Waals surface area contributed by atoms with Crippen LogP contribution in [-0.4, -0.2) is 24.9 Å². The van der Waals surface area contributed by atoms with Crippen LogP contribution in [0.25, 0.3) is 0 Å². The van der Waals surface area contributed by atoms with Crippen molar-refractivity contribution in [1.29, 1.82) is 0 Å². The van der Waals surface area contributed by atoms with Gasteiger partial charge in [-0.05, 0) is 29.9 Å². The van der Waals surface area contributed by atoms with E-state index in [1.807, 2.05) is 23.6 Å². The van der Waals surface area contributed by atoms with E-state index in [9.17, 15) is 9.59 Å². The summed E-state index contributed by atoms with van der Waals surface area (Å²) in [6, 6.07) is 12.0. The van der Waals surface area contributed by atoms with E-state index in [1.54, 1.807) is 11.4 Å². The molecule has 116 valence electrons. The molecular weight excluding hydrogens is 296 g/mol. The van der Waals surface area contributed by atoms with Crippen LogP contribution >= 0.6 is 11.3 Å². The summed E-state index contributed by atoms with van der Waals surface area (Å²) in [5.41, 5.74) is 1.92. The summed E-state index contributed by atoms with van der Waals surface area (Å²) in [6.07, 6.45) is 2.17. The minimum atomic E-state index is -0.127. The van der Waals surface area contributed by atoms with Gasteiger partial charge in [-0.25, -0.2) is 0 Å². The molecule has 0 saturated heterocycles. The predicted octanol–water partition coefficient (Wildman–Crippen LogP) is 2.62. The maximum atomic E-state index is 11.7. The topological polar surface area (TPSA) is 58.2 Å². The summed E-state index contributed by atoms with van der Waals surface area (Å²) in [7, 11) is 0. The van der Waals surface area contributed by atoms with Gasteiger partial charge in [0, 0.05) is 30.5 Å². The van der Waals surface area contributed by atoms with Crippen molar-refractivity contribution < 1.29 is 9.59 Å². The van der Waals surface area contributed by atoms with E-state index in [4.69, 9.17) is 0 Å². The molecule has 0 radical (unpaired) electrons. The van der Waals surface area contributed by atoms with E-state index >= 15 is 0 Å². The van der Waals surface area contributed by atoms with Crippen LogP contribution in [0.4, 0.5) is 0 Å². The van der Waals surface area contributed by atoms with Crippen molar-refractivity contribution >= 4 is 23.2 Å². The summed E-state index contributed by atoms with van der Waals surface area (Å²) in [5, 5.41) is 9.26. The Morgan fingerprint density at radius 3 is 2.55 bits per heavy atom. The van der Waals surface area contributed by atoms with Crippen LogP contribution in [0.2, 0.25) is 0 Å². The summed E-state index contributed by atoms with van der Waals surface area (Å²) in [5.74, 6) is -0.156. The van der Waals surface area contributed by atoms with Crippen LogP contribution in [0, 0.1) is 0 Å². The predicted molar refractivity (Wildman–Crippen MR) is 89.0 cm³/mol. The SMILES string of the molecule is O=C(CCNC(=O)c1ccsc1)NCCCc1ccccc1. The molecule has 4 nitrogen and oxygen atoms in total. The molecule has 0 aliphatic carbocycles. The van der Waals surface area contributed by atoms with E-state index in [-0.39, 0.29) is 11.8 Å². The highest BCUT2D eigenvalue weighted by atomic mass is 32.1. The lowest BCUT2D eigenvalue weighted by Gasteiger charge is -2.06. The second-order valence-corrected chi connectivity index (χ2v) is 5.74. The highest BCUT2D eigenvalue weighted by Crippen LogP contribution is 2.05. The van der Waals surface area contributed by atoms with Crippen LogP contribution in [0.3, 0.4) is 0 Å². The Balaban J connectivity index is 1.54. The van der Waals surface area contributed by atoms with Crippen molar-refractivity contribution in [1.82, 2.24) is 10.6 Å². The highest BCUT2D eigenvalue weighted by molar-refractivity contribution is 7.08. The largest absolute Gasteiger partial charge is 0.356 e. The number of amides is 2. The zero-order valence-corrected chi connectivity index (χ0v) is 13.2. The van der Waals surface area contributed by atoms with Gasteiger partial charge in [-0.2, -0.15) is 11.3 Å². The normalized spacial score (nSPS) is 10.2. The molecule has 5 heteroatoms. The van der Waals surface area contributed by atoms with Crippen LogP contribution in [0.1, 0.15) is 28.8 Å². The van der Waals surface area contributed by atoms with Crippen LogP contribution < -0.4 is 10.6 Å². The van der Waals surface area contributed by atoms with Crippen molar-refractivity contribution in [2.45, 2.75) is 19.3 Å². The number of rotatable bonds is 8. The monoisotopic (exact) mass is 316 g/mol. The molecule has 2 N–H and O–H groups in total. The fraction of sp³-hybridized carbons (Fsp3) is 0.294. The third-order valence-electron chi connectivity index (χ3n) is 3.23. The number of carbonyl (C=O) groups excluding carboxylic acids is 2. The Morgan fingerprint density at radius 1 is 1.00 bits per heavy atom. The summed E-state index contributed by atoms with van der Waals surface area (Å²) in [4.78, 5) is 23.3. The Hall–Kier alpha value is -2.14. The molecule has 22 heavy (non-hydrogen) atoms. The third-order valence-corrected chi connectivity index (χ3v) is 3.91. The second-order valence-electron chi connectivity index (χ2n) is 4.96. The number of nitrogens with one attached hydrogen (secondary N) is 2. The minimum absolute atomic E-state index is 0.0290. The minimum Gasteiger partial charge on any atom is -0.356 e. The lowest BCUT2D eigenvalue weighted by molar-refractivity contribution is -0.120. The highest BCUT2D eigenvalue weighted by Gasteiger charge is 2.06. The number of benzene rings is 1. The molecule has 0 atom stereocenters. The van der Waals surface area contributed by atoms with Gasteiger partial charge in [0.15, 0.2) is 0 Å². The van der Waals surface area contributed by atoms with Gasteiger partial charge in [-0.3, -0.25) is 9.59 Å². The van der Waals surface area contributed by atoms with Crippen molar-refractivity contribution in [2.75, 3.05) is 13.1 Å². The fourth-order valence-corrected chi connectivity index (χ4v) is 2.67. The standard InChI is InChI=1S/C17H20N2O2S/c20-16(8-11-19-17(21)15-9-12-22-13-15)18-10-4-7-14-5-2-1-3-6-14/h1-3,5-6,9,12-13H,4,7-8,10-11H2,(H,18,20)(H,19,21). The first kappa shape index (κ1) is 16.2. The van der Waals surface area contributed by atoms with Gasteiger partial charge in [0.25, 0.3) is 5.91 Å². The first-order valence-corrected chi connectivity index (χ1v) is 8.31. The Kier molecular flexibility index (Phi) is 6.64. The number of aryl methyl sites for hydroxylation is 1. The van der Waals surface area contributed by atoms with E-state index in [2.05, 4.69) is 22.8 Å². The van der Waals surface area contributed by atoms with Gasteiger partial charge < -0.3 is 10.6 Å². The van der Waals surface area contributed by atoms with Gasteiger partial charge in [0.05, 0.1) is 0 Å². The zero-order chi connectivity index (χ0) is 15.6. The molecule has 1 aromatic carbocycles. The first-order chi connectivity index (χ1) is 10.8. The Morgan fingerprint density at radius 2 is 1.82 bits per heavy atom.